The molecule has 1 aliphatic carbocycles. The summed E-state index contributed by atoms with van der Waals surface area (Å²) in [6, 6.07) is 4.09. The van der Waals surface area contributed by atoms with Gasteiger partial charge < -0.3 is 20.5 Å². The van der Waals surface area contributed by atoms with E-state index in [0.717, 1.165) is 31.0 Å². The average Bonchev–Trinajstić information content (AvgIpc) is 2.80. The Morgan fingerprint density at radius 3 is 2.79 bits per heavy atom. The van der Waals surface area contributed by atoms with Crippen molar-refractivity contribution in [3.8, 4) is 0 Å². The number of allylic oxidation sites excluding steroid dienone is 3. The quantitative estimate of drug-likeness (QED) is 0.474. The van der Waals surface area contributed by atoms with Gasteiger partial charge in [-0.2, -0.15) is 13.2 Å². The Morgan fingerprint density at radius 2 is 2.12 bits per heavy atom. The number of anilines is 1. The highest BCUT2D eigenvalue weighted by atomic mass is 19.4. The molecule has 0 saturated carbocycles. The highest BCUT2D eigenvalue weighted by Crippen LogP contribution is 2.45. The largest absolute Gasteiger partial charge is 0.449 e. The molecule has 33 heavy (non-hydrogen) atoms. The zero-order chi connectivity index (χ0) is 24.0. The van der Waals surface area contributed by atoms with Crippen LogP contribution in [0.15, 0.2) is 42.5 Å². The number of carbonyl (C=O) groups excluding carboxylic acids is 1. The molecule has 0 saturated heterocycles. The van der Waals surface area contributed by atoms with Crippen molar-refractivity contribution >= 4 is 11.8 Å². The number of aliphatic hydroxyl groups is 1. The molecule has 5 atom stereocenters. The normalized spacial score (nSPS) is 25.2. The van der Waals surface area contributed by atoms with E-state index in [4.69, 9.17) is 9.84 Å². The Hall–Kier alpha value is -2.48. The van der Waals surface area contributed by atoms with Crippen molar-refractivity contribution in [1.29, 1.82) is 0 Å². The highest BCUT2D eigenvalue weighted by molar-refractivity contribution is 5.67. The number of fused-ring (bicyclic) bond motifs is 1. The second-order valence-electron chi connectivity index (χ2n) is 9.07. The number of hydrogen-bond donors (Lipinski definition) is 3. The van der Waals surface area contributed by atoms with Crippen molar-refractivity contribution in [1.82, 2.24) is 5.32 Å². The lowest BCUT2D eigenvalue weighted by Gasteiger charge is -2.43. The first-order valence-corrected chi connectivity index (χ1v) is 11.5. The van der Waals surface area contributed by atoms with Gasteiger partial charge in [0.15, 0.2) is 0 Å². The summed E-state index contributed by atoms with van der Waals surface area (Å²) in [6.45, 7) is 4.25. The molecular weight excluding hydrogens is 433 g/mol. The third-order valence-corrected chi connectivity index (χ3v) is 6.64. The van der Waals surface area contributed by atoms with E-state index >= 15 is 0 Å². The van der Waals surface area contributed by atoms with E-state index in [0.29, 0.717) is 5.56 Å². The summed E-state index contributed by atoms with van der Waals surface area (Å²) >= 11 is 0. The van der Waals surface area contributed by atoms with Crippen molar-refractivity contribution in [3.05, 3.63) is 53.6 Å². The minimum atomic E-state index is -4.37. The fourth-order valence-corrected chi connectivity index (χ4v) is 4.78. The molecule has 1 aromatic carbocycles. The summed E-state index contributed by atoms with van der Waals surface area (Å²) in [5.41, 5.74) is 0.855. The van der Waals surface area contributed by atoms with Crippen LogP contribution in [0.3, 0.4) is 0 Å². The lowest BCUT2D eigenvalue weighted by molar-refractivity contribution is -0.137. The van der Waals surface area contributed by atoms with E-state index in [2.05, 4.69) is 22.8 Å². The van der Waals surface area contributed by atoms with Gasteiger partial charge in [-0.1, -0.05) is 38.2 Å². The Balaban J connectivity index is 1.73. The van der Waals surface area contributed by atoms with E-state index in [-0.39, 0.29) is 49.5 Å². The van der Waals surface area contributed by atoms with E-state index in [1.165, 1.54) is 6.07 Å². The molecule has 3 rings (SSSR count). The molecule has 1 heterocycles. The number of alkyl halides is 3. The number of alkyl carbamates (subject to hydrolysis) is 1. The minimum absolute atomic E-state index is 0.0474. The third-order valence-electron chi connectivity index (χ3n) is 6.64. The van der Waals surface area contributed by atoms with Gasteiger partial charge in [0.1, 0.15) is 0 Å². The molecule has 1 aliphatic heterocycles. The molecular formula is C25H33F3N2O3. The van der Waals surface area contributed by atoms with Gasteiger partial charge in [0, 0.05) is 24.2 Å². The van der Waals surface area contributed by atoms with Gasteiger partial charge in [-0.3, -0.25) is 0 Å². The van der Waals surface area contributed by atoms with Crippen molar-refractivity contribution < 1.29 is 27.8 Å². The first-order valence-electron chi connectivity index (χ1n) is 11.5. The van der Waals surface area contributed by atoms with Gasteiger partial charge in [-0.25, -0.2) is 4.79 Å². The first-order chi connectivity index (χ1) is 15.7. The number of rotatable bonds is 8. The number of hydrogen-bond acceptors (Lipinski definition) is 4. The van der Waals surface area contributed by atoms with Gasteiger partial charge in [-0.15, -0.1) is 0 Å². The standard InChI is InChI=1S/C25H33F3N2O3/c1-16(15-33-24(32)29-12-13-31)8-10-20-17(2)21-14-19(25(26,27)28)9-11-22(21)30-23(20)18-6-4-3-5-7-18/h3-6,9,11,14,16-18,20,23,30-31H,7-8,10,12-13,15H2,1-2H3,(H,29,32)/t16-,17+,18?,20-,23+/m1/s1. The fraction of sp³-hybridized carbons (Fsp3) is 0.560. The molecule has 3 N–H and O–H groups in total. The van der Waals surface area contributed by atoms with Crippen molar-refractivity contribution in [3.63, 3.8) is 0 Å². The monoisotopic (exact) mass is 466 g/mol. The van der Waals surface area contributed by atoms with Gasteiger partial charge >= 0.3 is 12.3 Å². The summed E-state index contributed by atoms with van der Waals surface area (Å²) in [6.07, 6.45) is 5.87. The topological polar surface area (TPSA) is 70.6 Å². The van der Waals surface area contributed by atoms with Crippen LogP contribution in [0.1, 0.15) is 50.2 Å². The maximum atomic E-state index is 13.3. The molecule has 182 valence electrons. The van der Waals surface area contributed by atoms with Crippen LogP contribution in [0.25, 0.3) is 0 Å². The number of halogens is 3. The Morgan fingerprint density at radius 1 is 1.33 bits per heavy atom. The van der Waals surface area contributed by atoms with Crippen LogP contribution in [0.4, 0.5) is 23.7 Å². The van der Waals surface area contributed by atoms with Crippen LogP contribution in [-0.4, -0.2) is 37.0 Å². The first kappa shape index (κ1) is 25.1. The van der Waals surface area contributed by atoms with E-state index in [9.17, 15) is 18.0 Å². The number of carbonyl (C=O) groups is 1. The number of amides is 1. The molecule has 2 aliphatic rings. The third kappa shape index (κ3) is 6.53. The van der Waals surface area contributed by atoms with Gasteiger partial charge in [-0.05, 0) is 60.8 Å². The van der Waals surface area contributed by atoms with Gasteiger partial charge in [0.25, 0.3) is 0 Å². The van der Waals surface area contributed by atoms with E-state index < -0.39 is 17.8 Å². The lowest BCUT2D eigenvalue weighted by atomic mass is 9.70. The van der Waals surface area contributed by atoms with Crippen LogP contribution in [0, 0.1) is 17.8 Å². The Bertz CT molecular complexity index is 869. The van der Waals surface area contributed by atoms with Crippen LogP contribution >= 0.6 is 0 Å². The summed E-state index contributed by atoms with van der Waals surface area (Å²) in [4.78, 5) is 11.6. The smallest absolute Gasteiger partial charge is 0.416 e. The summed E-state index contributed by atoms with van der Waals surface area (Å²) in [7, 11) is 0. The Kier molecular flexibility index (Phi) is 8.46. The number of benzene rings is 1. The van der Waals surface area contributed by atoms with Crippen LogP contribution in [0.5, 0.6) is 0 Å². The van der Waals surface area contributed by atoms with Crippen molar-refractivity contribution in [2.75, 3.05) is 25.1 Å². The Labute approximate surface area is 193 Å². The van der Waals surface area contributed by atoms with Gasteiger partial charge in [0.05, 0.1) is 18.8 Å². The van der Waals surface area contributed by atoms with Gasteiger partial charge in [0.2, 0.25) is 0 Å². The molecule has 1 aromatic rings. The highest BCUT2D eigenvalue weighted by Gasteiger charge is 2.39. The van der Waals surface area contributed by atoms with E-state index in [1.807, 2.05) is 26.0 Å². The summed E-state index contributed by atoms with van der Waals surface area (Å²) < 4.78 is 45.2. The average molecular weight is 467 g/mol. The number of aliphatic hydroxyl groups excluding tert-OH is 1. The SMILES string of the molecule is C[C@H](CC[C@@H]1[C@H](C)c2cc(C(F)(F)F)ccc2N[C@H]1C1C=CC=CC1)COC(=O)NCCO. The molecule has 0 aromatic heterocycles. The summed E-state index contributed by atoms with van der Waals surface area (Å²) in [5, 5.41) is 14.8. The number of nitrogens with one attached hydrogen (secondary N) is 2. The van der Waals surface area contributed by atoms with Crippen LogP contribution < -0.4 is 10.6 Å². The lowest BCUT2D eigenvalue weighted by Crippen LogP contribution is -2.42. The van der Waals surface area contributed by atoms with Crippen molar-refractivity contribution in [2.45, 2.75) is 51.2 Å². The predicted molar refractivity (Wildman–Crippen MR) is 122 cm³/mol. The predicted octanol–water partition coefficient (Wildman–Crippen LogP) is 5.49. The number of ether oxygens (including phenoxy) is 1. The van der Waals surface area contributed by atoms with Crippen LogP contribution in [-0.2, 0) is 10.9 Å². The van der Waals surface area contributed by atoms with Crippen LogP contribution in [0.2, 0.25) is 0 Å². The maximum absolute atomic E-state index is 13.3. The fourth-order valence-electron chi connectivity index (χ4n) is 4.78. The molecule has 8 heteroatoms. The molecule has 0 spiro atoms. The van der Waals surface area contributed by atoms with E-state index in [1.54, 1.807) is 6.07 Å². The summed E-state index contributed by atoms with van der Waals surface area (Å²) in [5.74, 6) is 0.442. The maximum Gasteiger partial charge on any atom is 0.416 e. The molecule has 5 nitrogen and oxygen atoms in total. The molecule has 1 amide bonds. The molecule has 0 radical (unpaired) electrons. The molecule has 0 fully saturated rings. The second-order valence-corrected chi connectivity index (χ2v) is 9.07. The second kappa shape index (κ2) is 11.1. The minimum Gasteiger partial charge on any atom is -0.449 e. The zero-order valence-corrected chi connectivity index (χ0v) is 19.1. The van der Waals surface area contributed by atoms with Crippen molar-refractivity contribution in [2.24, 2.45) is 17.8 Å². The molecule has 0 bridgehead atoms. The zero-order valence-electron chi connectivity index (χ0n) is 19.1. The molecule has 1 unspecified atom stereocenters.